The van der Waals surface area contributed by atoms with Crippen LogP contribution in [0, 0.1) is 5.92 Å². The summed E-state index contributed by atoms with van der Waals surface area (Å²) < 4.78 is 39.5. The second kappa shape index (κ2) is 4.93. The van der Waals surface area contributed by atoms with Gasteiger partial charge in [0.1, 0.15) is 0 Å². The number of nitrogens with zero attached hydrogens (tertiary/aromatic N) is 2. The lowest BCUT2D eigenvalue weighted by molar-refractivity contribution is -0.275. The van der Waals surface area contributed by atoms with Crippen LogP contribution >= 0.6 is 0 Å². The third kappa shape index (κ3) is 2.33. The van der Waals surface area contributed by atoms with Crippen LogP contribution in [0.3, 0.4) is 0 Å². The van der Waals surface area contributed by atoms with Crippen LogP contribution < -0.4 is 0 Å². The molecule has 4 nitrogen and oxygen atoms in total. The van der Waals surface area contributed by atoms with Crippen molar-refractivity contribution in [1.82, 2.24) is 15.2 Å². The normalized spacial score (nSPS) is 31.5. The van der Waals surface area contributed by atoms with Gasteiger partial charge in [0.05, 0.1) is 6.20 Å². The zero-order valence-electron chi connectivity index (χ0n) is 12.5. The van der Waals surface area contributed by atoms with Gasteiger partial charge in [-0.1, -0.05) is 0 Å². The predicted octanol–water partition coefficient (Wildman–Crippen LogP) is 3.47. The largest absolute Gasteiger partial charge is 0.417 e. The quantitative estimate of drug-likeness (QED) is 0.779. The van der Waals surface area contributed by atoms with Crippen LogP contribution in [-0.4, -0.2) is 32.1 Å². The second-order valence-corrected chi connectivity index (χ2v) is 6.86. The van der Waals surface area contributed by atoms with Crippen LogP contribution in [0.15, 0.2) is 12.3 Å². The van der Waals surface area contributed by atoms with Gasteiger partial charge in [0.2, 0.25) is 0 Å². The van der Waals surface area contributed by atoms with Crippen molar-refractivity contribution in [3.8, 4) is 0 Å². The molecule has 0 bridgehead atoms. The number of fused-ring (bicyclic) bond motifs is 4. The molecule has 0 radical (unpaired) electrons. The molecule has 4 rings (SSSR count). The lowest BCUT2D eigenvalue weighted by atomic mass is 9.68. The molecule has 3 atom stereocenters. The van der Waals surface area contributed by atoms with Crippen LogP contribution in [-0.2, 0) is 6.42 Å². The molecule has 0 aromatic carbocycles. The van der Waals surface area contributed by atoms with E-state index in [1.807, 2.05) is 6.07 Å². The third-order valence-corrected chi connectivity index (χ3v) is 5.49. The average molecular weight is 325 g/mol. The van der Waals surface area contributed by atoms with E-state index in [0.717, 1.165) is 35.1 Å². The summed E-state index contributed by atoms with van der Waals surface area (Å²) in [4.78, 5) is 4.61. The van der Waals surface area contributed by atoms with Crippen LogP contribution in [0.1, 0.15) is 49.3 Å². The maximum absolute atomic E-state index is 13.2. The predicted molar refractivity (Wildman–Crippen MR) is 77.9 cm³/mol. The molecule has 1 saturated carbocycles. The molecule has 124 valence electrons. The summed E-state index contributed by atoms with van der Waals surface area (Å²) in [5.74, 6) is -0.107. The van der Waals surface area contributed by atoms with Gasteiger partial charge in [-0.25, -0.2) is 4.98 Å². The molecule has 1 fully saturated rings. The molecular formula is C16H18F3N3O. The Bertz CT molecular complexity index is 742. The molecule has 0 aliphatic heterocycles. The minimum absolute atomic E-state index is 0.0434. The van der Waals surface area contributed by atoms with Crippen molar-refractivity contribution in [2.75, 3.05) is 0 Å². The molecular weight excluding hydrogens is 307 g/mol. The van der Waals surface area contributed by atoms with Gasteiger partial charge < -0.3 is 5.11 Å². The molecule has 3 unspecified atom stereocenters. The number of hydrogen-bond acceptors (Lipinski definition) is 3. The topological polar surface area (TPSA) is 61.8 Å². The van der Waals surface area contributed by atoms with E-state index in [4.69, 9.17) is 0 Å². The number of halogens is 3. The van der Waals surface area contributed by atoms with E-state index in [0.29, 0.717) is 12.8 Å². The molecule has 0 amide bonds. The van der Waals surface area contributed by atoms with E-state index in [1.165, 1.54) is 0 Å². The maximum atomic E-state index is 13.2. The van der Waals surface area contributed by atoms with Gasteiger partial charge in [-0.05, 0) is 62.0 Å². The molecule has 0 spiro atoms. The molecule has 23 heavy (non-hydrogen) atoms. The maximum Gasteiger partial charge on any atom is 0.417 e. The highest BCUT2D eigenvalue weighted by molar-refractivity contribution is 5.75. The zero-order valence-corrected chi connectivity index (χ0v) is 12.5. The number of pyridine rings is 1. The van der Waals surface area contributed by atoms with Crippen LogP contribution in [0.5, 0.6) is 0 Å². The molecule has 7 heteroatoms. The minimum Gasteiger partial charge on any atom is -0.380 e. The van der Waals surface area contributed by atoms with Gasteiger partial charge in [-0.15, -0.1) is 0 Å². The highest BCUT2D eigenvalue weighted by Gasteiger charge is 2.57. The first kappa shape index (κ1) is 14.9. The van der Waals surface area contributed by atoms with E-state index in [-0.39, 0.29) is 24.7 Å². The second-order valence-electron chi connectivity index (χ2n) is 6.86. The van der Waals surface area contributed by atoms with Crippen molar-refractivity contribution >= 4 is 11.0 Å². The molecule has 2 N–H and O–H groups in total. The molecule has 2 heterocycles. The molecule has 2 aromatic rings. The van der Waals surface area contributed by atoms with Crippen molar-refractivity contribution in [2.24, 2.45) is 5.92 Å². The van der Waals surface area contributed by atoms with E-state index in [2.05, 4.69) is 15.2 Å². The van der Waals surface area contributed by atoms with Gasteiger partial charge in [0.25, 0.3) is 0 Å². The Hall–Kier alpha value is -1.63. The smallest absolute Gasteiger partial charge is 0.380 e. The fraction of sp³-hybridized carbons (Fsp3) is 0.625. The Labute approximate surface area is 131 Å². The highest BCUT2D eigenvalue weighted by Crippen LogP contribution is 2.51. The van der Waals surface area contributed by atoms with Crippen LogP contribution in [0.25, 0.3) is 11.0 Å². The SMILES string of the molecule is OC1(C(F)(F)F)CCC2c3cc4cn[nH]c4nc3CCCC2C1. The van der Waals surface area contributed by atoms with Crippen molar-refractivity contribution in [2.45, 2.75) is 56.2 Å². The summed E-state index contributed by atoms with van der Waals surface area (Å²) in [6.45, 7) is 0. The van der Waals surface area contributed by atoms with Crippen molar-refractivity contribution in [3.63, 3.8) is 0 Å². The number of alkyl halides is 3. The van der Waals surface area contributed by atoms with E-state index >= 15 is 0 Å². The van der Waals surface area contributed by atoms with Crippen molar-refractivity contribution in [3.05, 3.63) is 23.5 Å². The van der Waals surface area contributed by atoms with E-state index < -0.39 is 11.8 Å². The van der Waals surface area contributed by atoms with Gasteiger partial charge in [-0.3, -0.25) is 5.10 Å². The summed E-state index contributed by atoms with van der Waals surface area (Å²) in [5, 5.41) is 17.8. The standard InChI is InChI=1S/C16H18F3N3O/c17-16(18,19)15(23)5-4-11-9(7-15)2-1-3-13-12(11)6-10-8-20-22-14(10)21-13/h6,8-9,11,23H,1-5,7H2,(H,20,21,22). The number of rotatable bonds is 0. The summed E-state index contributed by atoms with van der Waals surface area (Å²) in [5.41, 5.74) is 0.202. The molecule has 2 aromatic heterocycles. The molecule has 0 saturated heterocycles. The molecule has 2 aliphatic carbocycles. The first-order chi connectivity index (χ1) is 10.9. The Morgan fingerprint density at radius 3 is 2.91 bits per heavy atom. The Morgan fingerprint density at radius 1 is 1.30 bits per heavy atom. The number of aryl methyl sites for hydroxylation is 1. The Kier molecular flexibility index (Phi) is 3.20. The fourth-order valence-electron chi connectivity index (χ4n) is 4.27. The van der Waals surface area contributed by atoms with Gasteiger partial charge >= 0.3 is 6.18 Å². The number of nitrogens with one attached hydrogen (secondary N) is 1. The Morgan fingerprint density at radius 2 is 2.13 bits per heavy atom. The summed E-state index contributed by atoms with van der Waals surface area (Å²) in [6, 6.07) is 2.02. The van der Waals surface area contributed by atoms with Crippen LogP contribution in [0.2, 0.25) is 0 Å². The molecule has 2 aliphatic rings. The summed E-state index contributed by atoms with van der Waals surface area (Å²) >= 11 is 0. The highest BCUT2D eigenvalue weighted by atomic mass is 19.4. The van der Waals surface area contributed by atoms with Gasteiger partial charge in [0.15, 0.2) is 11.2 Å². The number of aromatic nitrogens is 3. The first-order valence-corrected chi connectivity index (χ1v) is 7.99. The lowest BCUT2D eigenvalue weighted by Crippen LogP contribution is -2.50. The number of hydrogen-bond donors (Lipinski definition) is 2. The van der Waals surface area contributed by atoms with E-state index in [1.54, 1.807) is 6.20 Å². The zero-order chi connectivity index (χ0) is 16.2. The van der Waals surface area contributed by atoms with Crippen molar-refractivity contribution < 1.29 is 18.3 Å². The average Bonchev–Trinajstić information content (AvgIpc) is 2.85. The third-order valence-electron chi connectivity index (χ3n) is 5.49. The van der Waals surface area contributed by atoms with Crippen molar-refractivity contribution in [1.29, 1.82) is 0 Å². The Balaban J connectivity index is 1.72. The number of H-pyrrole nitrogens is 1. The first-order valence-electron chi connectivity index (χ1n) is 7.99. The van der Waals surface area contributed by atoms with Crippen LogP contribution in [0.4, 0.5) is 13.2 Å². The summed E-state index contributed by atoms with van der Waals surface area (Å²) in [6.07, 6.45) is -0.692. The van der Waals surface area contributed by atoms with Gasteiger partial charge in [0, 0.05) is 11.1 Å². The number of aromatic amines is 1. The minimum atomic E-state index is -4.56. The number of aliphatic hydroxyl groups is 1. The van der Waals surface area contributed by atoms with E-state index in [9.17, 15) is 18.3 Å². The summed E-state index contributed by atoms with van der Waals surface area (Å²) in [7, 11) is 0. The van der Waals surface area contributed by atoms with Gasteiger partial charge in [-0.2, -0.15) is 18.3 Å². The fourth-order valence-corrected chi connectivity index (χ4v) is 4.27. The monoisotopic (exact) mass is 325 g/mol. The lowest BCUT2D eigenvalue weighted by Gasteiger charge is -2.42.